The average molecular weight is 384 g/mol. The van der Waals surface area contributed by atoms with E-state index in [-0.39, 0.29) is 23.3 Å². The number of carbonyl (C=O) groups excluding carboxylic acids is 1. The van der Waals surface area contributed by atoms with Gasteiger partial charge in [0, 0.05) is 16.8 Å². The molecule has 2 aromatic rings. The minimum Gasteiger partial charge on any atom is -0.369 e. The van der Waals surface area contributed by atoms with Gasteiger partial charge in [-0.25, -0.2) is 9.38 Å². The highest BCUT2D eigenvalue weighted by Crippen LogP contribution is 2.44. The summed E-state index contributed by atoms with van der Waals surface area (Å²) in [5.74, 6) is -0.658. The van der Waals surface area contributed by atoms with Gasteiger partial charge in [-0.3, -0.25) is 9.69 Å². The Morgan fingerprint density at radius 2 is 2.15 bits per heavy atom. The van der Waals surface area contributed by atoms with E-state index in [4.69, 9.17) is 11.0 Å². The summed E-state index contributed by atoms with van der Waals surface area (Å²) in [5.41, 5.74) is 6.02. The molecule has 0 fully saturated rings. The number of benzene rings is 1. The molecule has 0 bridgehead atoms. The highest BCUT2D eigenvalue weighted by Gasteiger charge is 2.46. The second-order valence-electron chi connectivity index (χ2n) is 6.83. The number of halogens is 1. The lowest BCUT2D eigenvalue weighted by Crippen LogP contribution is -2.53. The Labute approximate surface area is 161 Å². The Balaban J connectivity index is 2.06. The lowest BCUT2D eigenvalue weighted by molar-refractivity contribution is -0.134. The molecule has 0 aliphatic carbocycles. The van der Waals surface area contributed by atoms with Crippen molar-refractivity contribution in [3.05, 3.63) is 46.6 Å². The first-order chi connectivity index (χ1) is 12.8. The van der Waals surface area contributed by atoms with Crippen molar-refractivity contribution in [2.24, 2.45) is 16.6 Å². The Hall–Kier alpha value is -2.72. The van der Waals surface area contributed by atoms with Crippen molar-refractivity contribution in [2.45, 2.75) is 32.2 Å². The van der Waals surface area contributed by atoms with Crippen molar-refractivity contribution in [3.8, 4) is 16.5 Å². The van der Waals surface area contributed by atoms with E-state index in [1.807, 2.05) is 32.0 Å². The van der Waals surface area contributed by atoms with Crippen molar-refractivity contribution in [3.63, 3.8) is 0 Å². The summed E-state index contributed by atoms with van der Waals surface area (Å²) in [5, 5.41) is 9.06. The fraction of sp³-hybridized carbons (Fsp3) is 0.350. The summed E-state index contributed by atoms with van der Waals surface area (Å²) >= 11 is 1.49. The molecular weight excluding hydrogens is 363 g/mol. The third-order valence-electron chi connectivity index (χ3n) is 5.05. The van der Waals surface area contributed by atoms with E-state index >= 15 is 0 Å². The van der Waals surface area contributed by atoms with E-state index in [9.17, 15) is 9.18 Å². The third-order valence-corrected chi connectivity index (χ3v) is 6.41. The van der Waals surface area contributed by atoms with Gasteiger partial charge in [0.25, 0.3) is 0 Å². The van der Waals surface area contributed by atoms with Crippen LogP contribution >= 0.6 is 11.3 Å². The van der Waals surface area contributed by atoms with Crippen LogP contribution in [0.2, 0.25) is 0 Å². The summed E-state index contributed by atoms with van der Waals surface area (Å²) in [6.45, 7) is 3.98. The van der Waals surface area contributed by atoms with E-state index < -0.39 is 11.4 Å². The number of guanidine groups is 1. The normalized spacial score (nSPS) is 22.5. The second kappa shape index (κ2) is 7.12. The zero-order valence-electron chi connectivity index (χ0n) is 15.5. The van der Waals surface area contributed by atoms with Crippen molar-refractivity contribution < 1.29 is 9.18 Å². The molecule has 1 unspecified atom stereocenters. The van der Waals surface area contributed by atoms with Gasteiger partial charge in [0.2, 0.25) is 5.91 Å². The zero-order valence-corrected chi connectivity index (χ0v) is 16.3. The molecule has 0 saturated carbocycles. The topological polar surface area (TPSA) is 82.5 Å². The number of nitrogens with two attached hydrogens (primary N) is 1. The Morgan fingerprint density at radius 3 is 2.81 bits per heavy atom. The summed E-state index contributed by atoms with van der Waals surface area (Å²) in [6, 6.07) is 10.2. The maximum absolute atomic E-state index is 13.6. The predicted molar refractivity (Wildman–Crippen MR) is 105 cm³/mol. The van der Waals surface area contributed by atoms with E-state index in [2.05, 4.69) is 4.99 Å². The quantitative estimate of drug-likeness (QED) is 0.869. The molecule has 1 amide bonds. The molecule has 1 aromatic carbocycles. The van der Waals surface area contributed by atoms with E-state index in [1.165, 1.54) is 28.4 Å². The van der Waals surface area contributed by atoms with Crippen LogP contribution in [0.25, 0.3) is 10.4 Å². The van der Waals surface area contributed by atoms with Gasteiger partial charge in [0.1, 0.15) is 17.4 Å². The van der Waals surface area contributed by atoms with Crippen LogP contribution in [-0.2, 0) is 10.3 Å². The van der Waals surface area contributed by atoms with Crippen molar-refractivity contribution >= 4 is 23.2 Å². The second-order valence-corrected chi connectivity index (χ2v) is 7.91. The molecule has 0 spiro atoms. The van der Waals surface area contributed by atoms with Gasteiger partial charge in [0.15, 0.2) is 5.96 Å². The van der Waals surface area contributed by atoms with Gasteiger partial charge in [-0.05, 0) is 43.2 Å². The van der Waals surface area contributed by atoms with E-state index in [0.717, 1.165) is 21.7 Å². The van der Waals surface area contributed by atoms with Crippen LogP contribution in [0, 0.1) is 23.1 Å². The SMILES string of the molecule is CCCC1C(=O)N(C)C(N)=N[C@]1(C)c1ccc(-c2ccc(F)c(C#N)c2)s1. The Kier molecular flexibility index (Phi) is 5.03. The maximum Gasteiger partial charge on any atom is 0.234 e. The van der Waals surface area contributed by atoms with Gasteiger partial charge in [0.05, 0.1) is 11.5 Å². The predicted octanol–water partition coefficient (Wildman–Crippen LogP) is 3.84. The van der Waals surface area contributed by atoms with Crippen molar-refractivity contribution in [1.82, 2.24) is 4.90 Å². The minimum atomic E-state index is -0.745. The lowest BCUT2D eigenvalue weighted by atomic mass is 9.79. The number of hydrogen-bond acceptors (Lipinski definition) is 5. The lowest BCUT2D eigenvalue weighted by Gasteiger charge is -2.39. The molecule has 7 heteroatoms. The monoisotopic (exact) mass is 384 g/mol. The van der Waals surface area contributed by atoms with Crippen LogP contribution in [0.4, 0.5) is 4.39 Å². The number of thiophene rings is 1. The molecule has 1 aliphatic heterocycles. The van der Waals surface area contributed by atoms with Gasteiger partial charge in [-0.15, -0.1) is 11.3 Å². The number of aliphatic imine (C=N–C) groups is 1. The highest BCUT2D eigenvalue weighted by molar-refractivity contribution is 7.15. The molecule has 27 heavy (non-hydrogen) atoms. The highest BCUT2D eigenvalue weighted by atomic mass is 32.1. The van der Waals surface area contributed by atoms with E-state index in [0.29, 0.717) is 6.42 Å². The molecule has 2 heterocycles. The van der Waals surface area contributed by atoms with Crippen LogP contribution in [0.5, 0.6) is 0 Å². The molecule has 5 nitrogen and oxygen atoms in total. The minimum absolute atomic E-state index is 0.00857. The fourth-order valence-electron chi connectivity index (χ4n) is 3.43. The number of carbonyl (C=O) groups is 1. The Bertz CT molecular complexity index is 961. The number of amides is 1. The molecule has 1 aliphatic rings. The number of nitrogens with zero attached hydrogens (tertiary/aromatic N) is 3. The van der Waals surface area contributed by atoms with Crippen LogP contribution in [0.3, 0.4) is 0 Å². The molecular formula is C20H21FN4OS. The summed E-state index contributed by atoms with van der Waals surface area (Å²) in [6.07, 6.45) is 1.57. The molecule has 2 atom stereocenters. The van der Waals surface area contributed by atoms with Crippen LogP contribution < -0.4 is 5.73 Å². The van der Waals surface area contributed by atoms with Crippen molar-refractivity contribution in [1.29, 1.82) is 5.26 Å². The van der Waals surface area contributed by atoms with Gasteiger partial charge < -0.3 is 5.73 Å². The smallest absolute Gasteiger partial charge is 0.234 e. The number of hydrogen-bond donors (Lipinski definition) is 1. The number of nitriles is 1. The van der Waals surface area contributed by atoms with Gasteiger partial charge in [-0.2, -0.15) is 5.26 Å². The summed E-state index contributed by atoms with van der Waals surface area (Å²) in [4.78, 5) is 20.7. The summed E-state index contributed by atoms with van der Waals surface area (Å²) < 4.78 is 13.6. The van der Waals surface area contributed by atoms with Crippen LogP contribution in [0.15, 0.2) is 35.3 Å². The molecule has 140 valence electrons. The Morgan fingerprint density at radius 1 is 1.41 bits per heavy atom. The molecule has 2 N–H and O–H groups in total. The fourth-order valence-corrected chi connectivity index (χ4v) is 4.58. The van der Waals surface area contributed by atoms with Crippen LogP contribution in [-0.4, -0.2) is 23.8 Å². The van der Waals surface area contributed by atoms with E-state index in [1.54, 1.807) is 13.1 Å². The zero-order chi connectivity index (χ0) is 19.8. The third kappa shape index (κ3) is 3.21. The molecule has 3 rings (SSSR count). The first-order valence-corrected chi connectivity index (χ1v) is 9.56. The van der Waals surface area contributed by atoms with Gasteiger partial charge >= 0.3 is 0 Å². The average Bonchev–Trinajstić information content (AvgIpc) is 3.15. The van der Waals surface area contributed by atoms with Gasteiger partial charge in [-0.1, -0.05) is 19.4 Å². The largest absolute Gasteiger partial charge is 0.369 e. The maximum atomic E-state index is 13.6. The molecule has 0 saturated heterocycles. The first-order valence-electron chi connectivity index (χ1n) is 8.75. The van der Waals surface area contributed by atoms with Crippen LogP contribution in [0.1, 0.15) is 37.1 Å². The molecule has 0 radical (unpaired) electrons. The summed E-state index contributed by atoms with van der Waals surface area (Å²) in [7, 11) is 1.64. The number of rotatable bonds is 4. The standard InChI is InChI=1S/C20H21FN4OS/c1-4-5-14-18(26)25(3)19(23)24-20(14,2)17-9-8-16(27-17)12-6-7-15(21)13(10-12)11-22/h6-10,14H,4-5H2,1-3H3,(H2,23,24)/t14?,20-/m0/s1. The van der Waals surface area contributed by atoms with Crippen molar-refractivity contribution in [2.75, 3.05) is 7.05 Å². The first kappa shape index (κ1) is 19.1. The molecule has 1 aromatic heterocycles.